The van der Waals surface area contributed by atoms with Gasteiger partial charge in [0, 0.05) is 29.3 Å². The first-order valence-corrected chi connectivity index (χ1v) is 8.30. The number of carbonyl (C=O) groups is 1. The van der Waals surface area contributed by atoms with Crippen LogP contribution in [0.5, 0.6) is 5.75 Å². The molecule has 0 saturated heterocycles. The molecule has 0 aliphatic carbocycles. The zero-order valence-electron chi connectivity index (χ0n) is 12.9. The van der Waals surface area contributed by atoms with E-state index < -0.39 is 10.7 Å². The number of phenolic OH excluding ortho intramolecular Hbond substituents is 1. The van der Waals surface area contributed by atoms with Crippen molar-refractivity contribution < 1.29 is 14.8 Å². The zero-order chi connectivity index (χ0) is 17.3. The number of hydrazone groups is 1. The Morgan fingerprint density at radius 2 is 2.29 bits per heavy atom. The Kier molecular flexibility index (Phi) is 4.30. The minimum Gasteiger partial charge on any atom is -0.502 e. The summed E-state index contributed by atoms with van der Waals surface area (Å²) in [5.41, 5.74) is 0.758. The van der Waals surface area contributed by atoms with Gasteiger partial charge in [-0.15, -0.1) is 11.3 Å². The van der Waals surface area contributed by atoms with Crippen molar-refractivity contribution in [3.63, 3.8) is 0 Å². The lowest BCUT2D eigenvalue weighted by Gasteiger charge is -2.19. The van der Waals surface area contributed by atoms with Gasteiger partial charge in [-0.1, -0.05) is 13.0 Å². The molecule has 0 bridgehead atoms. The highest BCUT2D eigenvalue weighted by atomic mass is 32.1. The van der Waals surface area contributed by atoms with E-state index in [1.807, 2.05) is 17.5 Å². The van der Waals surface area contributed by atoms with Crippen molar-refractivity contribution in [3.8, 4) is 5.75 Å². The highest BCUT2D eigenvalue weighted by Crippen LogP contribution is 2.36. The highest BCUT2D eigenvalue weighted by Gasteiger charge is 2.33. The Hall–Kier alpha value is -2.74. The first-order chi connectivity index (χ1) is 11.5. The molecule has 2 aromatic rings. The third-order valence-electron chi connectivity index (χ3n) is 3.85. The second kappa shape index (κ2) is 6.40. The minimum atomic E-state index is -0.639. The van der Waals surface area contributed by atoms with E-state index in [9.17, 15) is 20.0 Å². The standard InChI is InChI=1S/C16H15N3O4S/c1-2-16(21)18-13(15-4-3-7-24-15)9-11(17-18)10-5-6-14(20)12(8-10)19(22)23/h3-8,13,20H,2,9H2,1H3/t13-/m1/s1. The first-order valence-electron chi connectivity index (χ1n) is 7.42. The summed E-state index contributed by atoms with van der Waals surface area (Å²) in [6.45, 7) is 1.77. The predicted molar refractivity (Wildman–Crippen MR) is 90.1 cm³/mol. The molecule has 24 heavy (non-hydrogen) atoms. The number of benzene rings is 1. The van der Waals surface area contributed by atoms with Crippen molar-refractivity contribution in [2.45, 2.75) is 25.8 Å². The van der Waals surface area contributed by atoms with Crippen molar-refractivity contribution in [3.05, 3.63) is 56.3 Å². The van der Waals surface area contributed by atoms with Gasteiger partial charge in [-0.3, -0.25) is 14.9 Å². The lowest BCUT2D eigenvalue weighted by atomic mass is 10.0. The maximum absolute atomic E-state index is 12.2. The molecular formula is C16H15N3O4S. The smallest absolute Gasteiger partial charge is 0.311 e. The lowest BCUT2D eigenvalue weighted by molar-refractivity contribution is -0.385. The number of nitro benzene ring substituents is 1. The number of hydrogen-bond acceptors (Lipinski definition) is 6. The zero-order valence-corrected chi connectivity index (χ0v) is 13.7. The molecule has 7 nitrogen and oxygen atoms in total. The fraction of sp³-hybridized carbons (Fsp3) is 0.250. The third kappa shape index (κ3) is 2.88. The van der Waals surface area contributed by atoms with E-state index in [0.29, 0.717) is 24.1 Å². The molecule has 1 aromatic carbocycles. The molecular weight excluding hydrogens is 330 g/mol. The van der Waals surface area contributed by atoms with Crippen LogP contribution < -0.4 is 0 Å². The van der Waals surface area contributed by atoms with Crippen LogP contribution in [0.4, 0.5) is 5.69 Å². The molecule has 1 atom stereocenters. The predicted octanol–water partition coefficient (Wildman–Crippen LogP) is 3.45. The largest absolute Gasteiger partial charge is 0.502 e. The summed E-state index contributed by atoms with van der Waals surface area (Å²) in [5.74, 6) is -0.490. The second-order valence-electron chi connectivity index (χ2n) is 5.33. The van der Waals surface area contributed by atoms with Gasteiger partial charge in [-0.25, -0.2) is 5.01 Å². The summed E-state index contributed by atoms with van der Waals surface area (Å²) in [4.78, 5) is 23.6. The summed E-state index contributed by atoms with van der Waals surface area (Å²) >= 11 is 1.54. The van der Waals surface area contributed by atoms with Crippen molar-refractivity contribution in [2.24, 2.45) is 5.10 Å². The average molecular weight is 345 g/mol. The fourth-order valence-corrected chi connectivity index (χ4v) is 3.44. The number of carbonyl (C=O) groups excluding carboxylic acids is 1. The van der Waals surface area contributed by atoms with Gasteiger partial charge < -0.3 is 5.11 Å². The Bertz CT molecular complexity index is 817. The summed E-state index contributed by atoms with van der Waals surface area (Å²) in [5, 5.41) is 28.4. The van der Waals surface area contributed by atoms with E-state index in [-0.39, 0.29) is 17.6 Å². The van der Waals surface area contributed by atoms with E-state index in [2.05, 4.69) is 5.10 Å². The Morgan fingerprint density at radius 1 is 1.50 bits per heavy atom. The van der Waals surface area contributed by atoms with Gasteiger partial charge in [0.15, 0.2) is 5.75 Å². The Morgan fingerprint density at radius 3 is 2.92 bits per heavy atom. The molecule has 0 spiro atoms. The van der Waals surface area contributed by atoms with Crippen LogP contribution >= 0.6 is 11.3 Å². The number of aromatic hydroxyl groups is 1. The van der Waals surface area contributed by atoms with Gasteiger partial charge in [0.2, 0.25) is 5.91 Å². The van der Waals surface area contributed by atoms with Crippen LogP contribution in [0.2, 0.25) is 0 Å². The molecule has 0 radical (unpaired) electrons. The minimum absolute atomic E-state index is 0.100. The summed E-state index contributed by atoms with van der Waals surface area (Å²) in [6, 6.07) is 7.81. The van der Waals surface area contributed by atoms with Crippen molar-refractivity contribution in [1.82, 2.24) is 5.01 Å². The molecule has 1 aliphatic heterocycles. The van der Waals surface area contributed by atoms with Crippen LogP contribution in [0.3, 0.4) is 0 Å². The van der Waals surface area contributed by atoms with Crippen LogP contribution in [-0.4, -0.2) is 26.7 Å². The first kappa shape index (κ1) is 16.1. The average Bonchev–Trinajstić information content (AvgIpc) is 3.23. The van der Waals surface area contributed by atoms with Crippen LogP contribution in [0.1, 0.15) is 36.2 Å². The highest BCUT2D eigenvalue weighted by molar-refractivity contribution is 7.10. The number of nitrogens with zero attached hydrogens (tertiary/aromatic N) is 3. The molecule has 8 heteroatoms. The summed E-state index contributed by atoms with van der Waals surface area (Å²) in [7, 11) is 0. The molecule has 124 valence electrons. The number of amides is 1. The second-order valence-corrected chi connectivity index (χ2v) is 6.31. The number of rotatable bonds is 4. The third-order valence-corrected chi connectivity index (χ3v) is 4.82. The number of phenols is 1. The summed E-state index contributed by atoms with van der Waals surface area (Å²) in [6.07, 6.45) is 0.808. The van der Waals surface area contributed by atoms with Gasteiger partial charge in [-0.2, -0.15) is 5.10 Å². The molecule has 0 saturated carbocycles. The van der Waals surface area contributed by atoms with E-state index in [1.54, 1.807) is 24.3 Å². The molecule has 1 amide bonds. The molecule has 2 heterocycles. The molecule has 1 aliphatic rings. The topological polar surface area (TPSA) is 96.0 Å². The van der Waals surface area contributed by atoms with Crippen molar-refractivity contribution in [2.75, 3.05) is 0 Å². The van der Waals surface area contributed by atoms with Crippen molar-refractivity contribution >= 4 is 28.6 Å². The quantitative estimate of drug-likeness (QED) is 0.678. The number of nitro groups is 1. The maximum atomic E-state index is 12.2. The monoisotopic (exact) mass is 345 g/mol. The molecule has 1 aromatic heterocycles. The van der Waals surface area contributed by atoms with Crippen LogP contribution in [0, 0.1) is 10.1 Å². The van der Waals surface area contributed by atoms with Crippen LogP contribution in [0.15, 0.2) is 40.8 Å². The van der Waals surface area contributed by atoms with Gasteiger partial charge in [-0.05, 0) is 23.6 Å². The normalized spacial score (nSPS) is 17.0. The maximum Gasteiger partial charge on any atom is 0.311 e. The van der Waals surface area contributed by atoms with Gasteiger partial charge >= 0.3 is 5.69 Å². The number of thiophene rings is 1. The van der Waals surface area contributed by atoms with Crippen LogP contribution in [0.25, 0.3) is 0 Å². The molecule has 1 N–H and O–H groups in total. The van der Waals surface area contributed by atoms with E-state index in [4.69, 9.17) is 0 Å². The van der Waals surface area contributed by atoms with Gasteiger partial charge in [0.25, 0.3) is 0 Å². The van der Waals surface area contributed by atoms with E-state index in [0.717, 1.165) is 4.88 Å². The number of hydrogen-bond donors (Lipinski definition) is 1. The molecule has 0 fully saturated rings. The molecule has 3 rings (SSSR count). The fourth-order valence-electron chi connectivity index (χ4n) is 2.63. The van der Waals surface area contributed by atoms with Gasteiger partial charge in [0.1, 0.15) is 0 Å². The van der Waals surface area contributed by atoms with Crippen molar-refractivity contribution in [1.29, 1.82) is 0 Å². The molecule has 0 unspecified atom stereocenters. The SMILES string of the molecule is CCC(=O)N1N=C(c2ccc(O)c([N+](=O)[O-])c2)C[C@@H]1c1cccs1. The van der Waals surface area contributed by atoms with Crippen LogP contribution in [-0.2, 0) is 4.79 Å². The Balaban J connectivity index is 1.98. The Labute approximate surface area is 142 Å². The lowest BCUT2D eigenvalue weighted by Crippen LogP contribution is -2.25. The van der Waals surface area contributed by atoms with E-state index >= 15 is 0 Å². The van der Waals surface area contributed by atoms with Gasteiger partial charge in [0.05, 0.1) is 16.7 Å². The van der Waals surface area contributed by atoms with E-state index in [1.165, 1.54) is 17.1 Å². The summed E-state index contributed by atoms with van der Waals surface area (Å²) < 4.78 is 0.